The van der Waals surface area contributed by atoms with Crippen LogP contribution in [-0.4, -0.2) is 43.8 Å². The molecule has 0 unspecified atom stereocenters. The van der Waals surface area contributed by atoms with Gasteiger partial charge in [-0.15, -0.1) is 0 Å². The summed E-state index contributed by atoms with van der Waals surface area (Å²) in [6, 6.07) is 15.0. The molecular formula is C28H31Cl2N3O4S. The van der Waals surface area contributed by atoms with E-state index in [9.17, 15) is 18.0 Å². The summed E-state index contributed by atoms with van der Waals surface area (Å²) in [5.74, 6) is -0.569. The van der Waals surface area contributed by atoms with Gasteiger partial charge in [0.2, 0.25) is 11.8 Å². The van der Waals surface area contributed by atoms with Crippen molar-refractivity contribution in [1.29, 1.82) is 0 Å². The van der Waals surface area contributed by atoms with Crippen molar-refractivity contribution in [2.75, 3.05) is 10.8 Å². The third-order valence-corrected chi connectivity index (χ3v) is 9.56. The van der Waals surface area contributed by atoms with Gasteiger partial charge < -0.3 is 10.2 Å². The second kappa shape index (κ2) is 11.5. The van der Waals surface area contributed by atoms with E-state index in [1.54, 1.807) is 43.3 Å². The number of sulfonamides is 1. The summed E-state index contributed by atoms with van der Waals surface area (Å²) in [5, 5.41) is 5.28. The zero-order valence-electron chi connectivity index (χ0n) is 21.6. The molecular weight excluding hydrogens is 545 g/mol. The first kappa shape index (κ1) is 28.2. The largest absolute Gasteiger partial charge is 0.352 e. The van der Waals surface area contributed by atoms with E-state index in [0.29, 0.717) is 26.7 Å². The highest BCUT2D eigenvalue weighted by molar-refractivity contribution is 7.93. The molecule has 3 aromatic rings. The lowest BCUT2D eigenvalue weighted by Gasteiger charge is -2.30. The van der Waals surface area contributed by atoms with E-state index in [0.717, 1.165) is 11.8 Å². The summed E-state index contributed by atoms with van der Waals surface area (Å²) in [4.78, 5) is 28.2. The summed E-state index contributed by atoms with van der Waals surface area (Å²) >= 11 is 12.8. The minimum atomic E-state index is -3.71. The predicted octanol–water partition coefficient (Wildman–Crippen LogP) is 5.77. The maximum absolute atomic E-state index is 13.5. The molecule has 1 heterocycles. The summed E-state index contributed by atoms with van der Waals surface area (Å²) < 4.78 is 27.9. The molecule has 1 N–H and O–H groups in total. The van der Waals surface area contributed by atoms with E-state index in [-0.39, 0.29) is 48.7 Å². The standard InChI is InChI=1S/C28H31Cl2N3O4S/c1-4-18(2)31-28(35)19(3)32(17-21-22(29)11-7-12-23(21)30)26(34)15-8-16-33-24-13-5-9-20-10-6-14-25(27(20)24)38(33,36)37/h5-7,9-14,18-19H,4,8,15-17H2,1-3H3,(H,31,35)/t18-,19+/m0/s1. The number of nitrogens with one attached hydrogen (secondary N) is 1. The van der Waals surface area contributed by atoms with Gasteiger partial charge in [0.15, 0.2) is 0 Å². The lowest BCUT2D eigenvalue weighted by Crippen LogP contribution is -2.49. The Kier molecular flexibility index (Phi) is 8.55. The van der Waals surface area contributed by atoms with Crippen molar-refractivity contribution in [2.45, 2.75) is 63.6 Å². The van der Waals surface area contributed by atoms with Crippen molar-refractivity contribution in [3.05, 3.63) is 70.2 Å². The van der Waals surface area contributed by atoms with Crippen LogP contribution < -0.4 is 9.62 Å². The Hall–Kier alpha value is -2.81. The summed E-state index contributed by atoms with van der Waals surface area (Å²) in [6.45, 7) is 5.72. The molecule has 2 amide bonds. The molecule has 38 heavy (non-hydrogen) atoms. The van der Waals surface area contributed by atoms with Gasteiger partial charge in [0, 0.05) is 46.5 Å². The molecule has 3 aromatic carbocycles. The number of amides is 2. The van der Waals surface area contributed by atoms with Gasteiger partial charge in [-0.2, -0.15) is 0 Å². The Bertz CT molecular complexity index is 1450. The van der Waals surface area contributed by atoms with E-state index >= 15 is 0 Å². The number of carbonyl (C=O) groups excluding carboxylic acids is 2. The first-order valence-electron chi connectivity index (χ1n) is 12.6. The number of rotatable bonds is 10. The summed E-state index contributed by atoms with van der Waals surface area (Å²) in [5.41, 5.74) is 1.17. The lowest BCUT2D eigenvalue weighted by molar-refractivity contribution is -0.140. The van der Waals surface area contributed by atoms with Gasteiger partial charge in [-0.05, 0) is 56.3 Å². The Morgan fingerprint density at radius 3 is 2.29 bits per heavy atom. The fourth-order valence-corrected chi connectivity index (χ4v) is 6.88. The fourth-order valence-electron chi connectivity index (χ4n) is 4.62. The molecule has 0 fully saturated rings. The van der Waals surface area contributed by atoms with Crippen LogP contribution in [0.25, 0.3) is 10.8 Å². The van der Waals surface area contributed by atoms with Crippen molar-refractivity contribution in [3.63, 3.8) is 0 Å². The number of hydrogen-bond donors (Lipinski definition) is 1. The van der Waals surface area contributed by atoms with Crippen molar-refractivity contribution in [3.8, 4) is 0 Å². The van der Waals surface area contributed by atoms with Gasteiger partial charge in [0.25, 0.3) is 10.0 Å². The smallest absolute Gasteiger partial charge is 0.265 e. The van der Waals surface area contributed by atoms with Crippen LogP contribution >= 0.6 is 23.2 Å². The molecule has 0 saturated carbocycles. The van der Waals surface area contributed by atoms with Crippen LogP contribution in [0.1, 0.15) is 45.6 Å². The van der Waals surface area contributed by atoms with Crippen LogP contribution in [0, 0.1) is 0 Å². The molecule has 0 aliphatic carbocycles. The zero-order chi connectivity index (χ0) is 27.6. The number of anilines is 1. The molecule has 2 atom stereocenters. The van der Waals surface area contributed by atoms with E-state index < -0.39 is 16.1 Å². The monoisotopic (exact) mass is 575 g/mol. The molecule has 0 saturated heterocycles. The van der Waals surface area contributed by atoms with Gasteiger partial charge in [-0.1, -0.05) is 60.5 Å². The Labute approximate surface area is 233 Å². The van der Waals surface area contributed by atoms with Crippen LogP contribution in [0.5, 0.6) is 0 Å². The van der Waals surface area contributed by atoms with Crippen LogP contribution in [-0.2, 0) is 26.2 Å². The molecule has 7 nitrogen and oxygen atoms in total. The highest BCUT2D eigenvalue weighted by Crippen LogP contribution is 2.42. The number of halogens is 2. The molecule has 0 bridgehead atoms. The average Bonchev–Trinajstić information content (AvgIpc) is 3.11. The topological polar surface area (TPSA) is 86.8 Å². The maximum atomic E-state index is 13.5. The Balaban J connectivity index is 1.53. The second-order valence-corrected chi connectivity index (χ2v) is 12.2. The third kappa shape index (κ3) is 5.48. The minimum Gasteiger partial charge on any atom is -0.352 e. The van der Waals surface area contributed by atoms with E-state index in [4.69, 9.17) is 23.2 Å². The van der Waals surface area contributed by atoms with E-state index in [1.165, 1.54) is 9.21 Å². The number of nitrogens with zero attached hydrogens (tertiary/aromatic N) is 2. The molecule has 1 aliphatic heterocycles. The van der Waals surface area contributed by atoms with Crippen molar-refractivity contribution in [1.82, 2.24) is 10.2 Å². The van der Waals surface area contributed by atoms with E-state index in [2.05, 4.69) is 5.32 Å². The normalized spacial score (nSPS) is 15.3. The van der Waals surface area contributed by atoms with Crippen LogP contribution in [0.4, 0.5) is 5.69 Å². The van der Waals surface area contributed by atoms with Crippen LogP contribution in [0.15, 0.2) is 59.5 Å². The van der Waals surface area contributed by atoms with E-state index in [1.807, 2.05) is 32.0 Å². The number of carbonyl (C=O) groups is 2. The van der Waals surface area contributed by atoms with Gasteiger partial charge in [0.1, 0.15) is 6.04 Å². The predicted molar refractivity (Wildman–Crippen MR) is 152 cm³/mol. The first-order chi connectivity index (χ1) is 18.1. The molecule has 202 valence electrons. The van der Waals surface area contributed by atoms with Gasteiger partial charge in [0.05, 0.1) is 10.6 Å². The molecule has 0 spiro atoms. The number of hydrogen-bond acceptors (Lipinski definition) is 4. The molecule has 4 rings (SSSR count). The Morgan fingerprint density at radius 1 is 1.00 bits per heavy atom. The van der Waals surface area contributed by atoms with Crippen molar-refractivity contribution in [2.24, 2.45) is 0 Å². The lowest BCUT2D eigenvalue weighted by atomic mass is 10.1. The number of benzene rings is 3. The zero-order valence-corrected chi connectivity index (χ0v) is 23.9. The molecule has 0 aromatic heterocycles. The van der Waals surface area contributed by atoms with Gasteiger partial charge in [-0.25, -0.2) is 8.42 Å². The highest BCUT2D eigenvalue weighted by Gasteiger charge is 2.35. The summed E-state index contributed by atoms with van der Waals surface area (Å²) in [6.07, 6.45) is 1.07. The first-order valence-corrected chi connectivity index (χ1v) is 14.8. The highest BCUT2D eigenvalue weighted by atomic mass is 35.5. The summed E-state index contributed by atoms with van der Waals surface area (Å²) in [7, 11) is -3.71. The molecule has 1 aliphatic rings. The van der Waals surface area contributed by atoms with Crippen molar-refractivity contribution >= 4 is 61.5 Å². The fraction of sp³-hybridized carbons (Fsp3) is 0.357. The van der Waals surface area contributed by atoms with Crippen LogP contribution in [0.3, 0.4) is 0 Å². The quantitative estimate of drug-likeness (QED) is 0.332. The minimum absolute atomic E-state index is 0.0430. The third-order valence-electron chi connectivity index (χ3n) is 6.99. The maximum Gasteiger partial charge on any atom is 0.265 e. The second-order valence-electron chi connectivity index (χ2n) is 9.53. The molecule has 10 heteroatoms. The average molecular weight is 577 g/mol. The van der Waals surface area contributed by atoms with Crippen molar-refractivity contribution < 1.29 is 18.0 Å². The SMILES string of the molecule is CC[C@H](C)NC(=O)[C@@H](C)N(Cc1c(Cl)cccc1Cl)C(=O)CCCN1c2cccc3cccc(c23)S1(=O)=O. The van der Waals surface area contributed by atoms with Crippen LogP contribution in [0.2, 0.25) is 10.0 Å². The van der Waals surface area contributed by atoms with Gasteiger partial charge >= 0.3 is 0 Å². The Morgan fingerprint density at radius 2 is 1.63 bits per heavy atom. The molecule has 0 radical (unpaired) electrons. The van der Waals surface area contributed by atoms with Gasteiger partial charge in [-0.3, -0.25) is 13.9 Å².